The van der Waals surface area contributed by atoms with E-state index >= 15 is 0 Å². The third-order valence-corrected chi connectivity index (χ3v) is 11.1. The van der Waals surface area contributed by atoms with Crippen LogP contribution in [0.15, 0.2) is 36.9 Å². The van der Waals surface area contributed by atoms with Gasteiger partial charge >= 0.3 is 6.01 Å². The topological polar surface area (TPSA) is 214 Å². The number of carbonyl (C=O) groups excluding carboxylic acids is 1. The largest absolute Gasteiger partial charge is 0.467 e. The first-order chi connectivity index (χ1) is 26.9. The molecule has 10 unspecified atom stereocenters. The lowest BCUT2D eigenvalue weighted by atomic mass is 9.97. The Hall–Kier alpha value is -4.29. The van der Waals surface area contributed by atoms with E-state index < -0.39 is 77.9 Å². The molecule has 1 amide bonds. The minimum atomic E-state index is -1.65. The van der Waals surface area contributed by atoms with Crippen molar-refractivity contribution < 1.29 is 57.0 Å². The minimum Gasteiger partial charge on any atom is -0.467 e. The standard InChI is InChI=1S/C34H40F3N9O9S/c1-16-8-44(9-17(2)54-16)27(48)15-53-32-29(46-11-22(40-43-46)18-4-20(35)28(37)21(36)5-18)31(50)25(12-47)55-33(32)56-26-14-52-13-24(30(26)49)45-10-23(41-42-45)19-6-38-34(51-3)39-7-19/h4-7,10-11,16-17,24-26,29-33,47,49-50H,8-9,12-15H2,1-3H3. The Morgan fingerprint density at radius 2 is 1.57 bits per heavy atom. The van der Waals surface area contributed by atoms with Crippen molar-refractivity contribution in [3.8, 4) is 28.5 Å². The minimum absolute atomic E-state index is 0.0530. The average molecular weight is 808 g/mol. The number of ether oxygens (including phenoxy) is 5. The molecule has 4 aromatic rings. The second kappa shape index (κ2) is 17.1. The van der Waals surface area contributed by atoms with Crippen LogP contribution in [0.4, 0.5) is 13.2 Å². The third kappa shape index (κ3) is 8.37. The number of carbonyl (C=O) groups is 1. The van der Waals surface area contributed by atoms with E-state index in [-0.39, 0.29) is 48.6 Å². The Kier molecular flexibility index (Phi) is 12.2. The molecule has 3 saturated heterocycles. The van der Waals surface area contributed by atoms with Gasteiger partial charge in [0.2, 0.25) is 5.91 Å². The van der Waals surface area contributed by atoms with Crippen molar-refractivity contribution in [2.45, 2.75) is 73.2 Å². The van der Waals surface area contributed by atoms with Gasteiger partial charge in [0.15, 0.2) is 17.5 Å². The van der Waals surface area contributed by atoms with Gasteiger partial charge in [0, 0.05) is 36.6 Å². The van der Waals surface area contributed by atoms with Crippen LogP contribution in [0, 0.1) is 17.5 Å². The molecule has 302 valence electrons. The van der Waals surface area contributed by atoms with Crippen LogP contribution in [-0.2, 0) is 23.7 Å². The summed E-state index contributed by atoms with van der Waals surface area (Å²) in [6, 6.07) is -0.222. The van der Waals surface area contributed by atoms with Gasteiger partial charge in [-0.3, -0.25) is 4.79 Å². The number of hydrogen-bond donors (Lipinski definition) is 3. The Balaban J connectivity index is 1.16. The maximum atomic E-state index is 14.2. The number of methoxy groups -OCH3 is 1. The van der Waals surface area contributed by atoms with Crippen molar-refractivity contribution in [1.82, 2.24) is 44.9 Å². The van der Waals surface area contributed by atoms with E-state index in [1.807, 2.05) is 13.8 Å². The zero-order chi connectivity index (χ0) is 39.7. The molecular formula is C34H40F3N9O9S. The summed E-state index contributed by atoms with van der Waals surface area (Å²) >= 11 is 1.09. The highest BCUT2D eigenvalue weighted by Gasteiger charge is 2.50. The molecule has 22 heteroatoms. The number of aliphatic hydroxyl groups is 3. The van der Waals surface area contributed by atoms with Gasteiger partial charge in [0.05, 0.1) is 62.9 Å². The van der Waals surface area contributed by atoms with Crippen LogP contribution in [0.25, 0.3) is 22.5 Å². The Morgan fingerprint density at radius 3 is 2.23 bits per heavy atom. The van der Waals surface area contributed by atoms with E-state index in [0.717, 1.165) is 23.9 Å². The molecule has 3 aromatic heterocycles. The molecule has 18 nitrogen and oxygen atoms in total. The van der Waals surface area contributed by atoms with Gasteiger partial charge in [-0.05, 0) is 26.0 Å². The lowest BCUT2D eigenvalue weighted by Gasteiger charge is -2.46. The molecule has 0 saturated carbocycles. The maximum absolute atomic E-state index is 14.2. The number of rotatable bonds is 11. The lowest BCUT2D eigenvalue weighted by molar-refractivity contribution is -0.197. The zero-order valence-electron chi connectivity index (χ0n) is 30.3. The van der Waals surface area contributed by atoms with E-state index in [2.05, 4.69) is 30.6 Å². The summed E-state index contributed by atoms with van der Waals surface area (Å²) in [5.74, 6) is -4.89. The number of benzene rings is 1. The van der Waals surface area contributed by atoms with Crippen LogP contribution in [-0.4, -0.2) is 160 Å². The van der Waals surface area contributed by atoms with Crippen LogP contribution in [0.2, 0.25) is 0 Å². The van der Waals surface area contributed by atoms with Crippen LogP contribution >= 0.6 is 11.8 Å². The molecule has 6 heterocycles. The van der Waals surface area contributed by atoms with E-state index in [0.29, 0.717) is 24.3 Å². The van der Waals surface area contributed by atoms with Crippen molar-refractivity contribution >= 4 is 17.7 Å². The van der Waals surface area contributed by atoms with E-state index in [1.165, 1.54) is 35.1 Å². The van der Waals surface area contributed by atoms with Gasteiger partial charge in [0.25, 0.3) is 0 Å². The molecule has 3 fully saturated rings. The summed E-state index contributed by atoms with van der Waals surface area (Å²) in [5, 5.41) is 49.5. The molecular weight excluding hydrogens is 767 g/mol. The second-order valence-corrected chi connectivity index (χ2v) is 15.0. The predicted molar refractivity (Wildman–Crippen MR) is 187 cm³/mol. The van der Waals surface area contributed by atoms with Gasteiger partial charge in [-0.1, -0.05) is 10.4 Å². The Morgan fingerprint density at radius 1 is 0.929 bits per heavy atom. The van der Waals surface area contributed by atoms with Crippen molar-refractivity contribution in [3.63, 3.8) is 0 Å². The molecule has 3 N–H and O–H groups in total. The number of morpholine rings is 1. The molecule has 0 bridgehead atoms. The number of amides is 1. The fraction of sp³-hybridized carbons (Fsp3) is 0.559. The SMILES string of the molecule is COc1ncc(-c2cn(C3COCC(SC4OC(CO)C(O)C(n5cc(-c6cc(F)c(F)c(F)c6)nn5)C4OCC(=O)N4CC(C)OC(C)C4)C3O)nn2)cn1. The molecule has 1 aromatic carbocycles. The van der Waals surface area contributed by atoms with Crippen molar-refractivity contribution in [2.24, 2.45) is 0 Å². The number of aliphatic hydroxyl groups excluding tert-OH is 3. The number of thioether (sulfide) groups is 1. The summed E-state index contributed by atoms with van der Waals surface area (Å²) in [5.41, 5.74) is -0.274. The van der Waals surface area contributed by atoms with Crippen LogP contribution in [0.1, 0.15) is 25.9 Å². The Labute approximate surface area is 321 Å². The fourth-order valence-corrected chi connectivity index (χ4v) is 8.41. The molecule has 0 aliphatic carbocycles. The monoisotopic (exact) mass is 807 g/mol. The molecule has 0 radical (unpaired) electrons. The van der Waals surface area contributed by atoms with E-state index in [4.69, 9.17) is 23.7 Å². The van der Waals surface area contributed by atoms with Gasteiger partial charge in [-0.2, -0.15) is 0 Å². The first-order valence-corrected chi connectivity index (χ1v) is 18.6. The number of hydrogen-bond acceptors (Lipinski definition) is 16. The summed E-state index contributed by atoms with van der Waals surface area (Å²) in [6.45, 7) is 3.37. The van der Waals surface area contributed by atoms with E-state index in [9.17, 15) is 33.3 Å². The highest BCUT2D eigenvalue weighted by molar-refractivity contribution is 8.00. The lowest BCUT2D eigenvalue weighted by Crippen LogP contribution is -2.58. The fourth-order valence-electron chi connectivity index (χ4n) is 6.95. The number of halogens is 3. The predicted octanol–water partition coefficient (Wildman–Crippen LogP) is 0.794. The molecule has 3 aliphatic rings. The van der Waals surface area contributed by atoms with Crippen molar-refractivity contribution in [2.75, 3.05) is 46.6 Å². The Bertz CT molecular complexity index is 1950. The van der Waals surface area contributed by atoms with Gasteiger partial charge in [0.1, 0.15) is 53.8 Å². The molecule has 10 atom stereocenters. The van der Waals surface area contributed by atoms with Crippen LogP contribution in [0.3, 0.4) is 0 Å². The number of nitrogens with zero attached hydrogens (tertiary/aromatic N) is 9. The van der Waals surface area contributed by atoms with E-state index in [1.54, 1.807) is 11.1 Å². The quantitative estimate of drug-likeness (QED) is 0.179. The maximum Gasteiger partial charge on any atom is 0.316 e. The molecule has 3 aliphatic heterocycles. The normalized spacial score (nSPS) is 29.7. The second-order valence-electron chi connectivity index (χ2n) is 13.7. The first kappa shape index (κ1) is 39.9. The molecule has 0 spiro atoms. The van der Waals surface area contributed by atoms with Gasteiger partial charge < -0.3 is 43.9 Å². The first-order valence-electron chi connectivity index (χ1n) is 17.7. The average Bonchev–Trinajstić information content (AvgIpc) is 3.88. The van der Waals surface area contributed by atoms with Crippen molar-refractivity contribution in [1.29, 1.82) is 0 Å². The molecule has 56 heavy (non-hydrogen) atoms. The van der Waals surface area contributed by atoms with Gasteiger partial charge in [-0.25, -0.2) is 32.5 Å². The summed E-state index contributed by atoms with van der Waals surface area (Å²) in [7, 11) is 1.45. The smallest absolute Gasteiger partial charge is 0.316 e. The van der Waals surface area contributed by atoms with Crippen molar-refractivity contribution in [3.05, 3.63) is 54.4 Å². The highest BCUT2D eigenvalue weighted by Crippen LogP contribution is 2.41. The van der Waals surface area contributed by atoms with Crippen LogP contribution < -0.4 is 4.74 Å². The summed E-state index contributed by atoms with van der Waals surface area (Å²) < 4.78 is 73.9. The van der Waals surface area contributed by atoms with Crippen LogP contribution in [0.5, 0.6) is 6.01 Å². The van der Waals surface area contributed by atoms with Gasteiger partial charge in [-0.15, -0.1) is 22.0 Å². The highest BCUT2D eigenvalue weighted by atomic mass is 32.2. The summed E-state index contributed by atoms with van der Waals surface area (Å²) in [6.07, 6.45) is 0.477. The molecule has 7 rings (SSSR count). The summed E-state index contributed by atoms with van der Waals surface area (Å²) in [4.78, 5) is 23.3. The third-order valence-electron chi connectivity index (χ3n) is 9.70. The zero-order valence-corrected chi connectivity index (χ0v) is 31.2. The number of aromatic nitrogens is 8.